The molecule has 0 radical (unpaired) electrons. The van der Waals surface area contributed by atoms with E-state index in [0.717, 1.165) is 22.7 Å². The van der Waals surface area contributed by atoms with E-state index in [1.54, 1.807) is 31.2 Å². The first-order valence-corrected chi connectivity index (χ1v) is 13.1. The Kier molecular flexibility index (Phi) is 9.08. The van der Waals surface area contributed by atoms with Gasteiger partial charge >= 0.3 is 11.9 Å². The molecule has 1 saturated heterocycles. The highest BCUT2D eigenvalue weighted by molar-refractivity contribution is 8.18. The van der Waals surface area contributed by atoms with Crippen LogP contribution in [0.5, 0.6) is 23.0 Å². The number of hydrogen-bond donors (Lipinski definition) is 0. The van der Waals surface area contributed by atoms with E-state index in [9.17, 15) is 32.9 Å². The van der Waals surface area contributed by atoms with Crippen molar-refractivity contribution >= 4 is 46.3 Å². The summed E-state index contributed by atoms with van der Waals surface area (Å²) < 4.78 is 55.8. The second kappa shape index (κ2) is 12.5. The maximum atomic E-state index is 13.0. The van der Waals surface area contributed by atoms with E-state index < -0.39 is 39.2 Å². The normalized spacial score (nSPS) is 14.5. The van der Waals surface area contributed by atoms with Crippen molar-refractivity contribution in [3.05, 3.63) is 91.8 Å². The molecule has 1 aliphatic rings. The molecule has 0 bridgehead atoms. The number of halogens is 4. The van der Waals surface area contributed by atoms with E-state index in [-0.39, 0.29) is 36.2 Å². The smallest absolute Gasteiger partial charge is 0.416 e. The van der Waals surface area contributed by atoms with Crippen LogP contribution in [0.2, 0.25) is 5.02 Å². The molecule has 2 amide bonds. The van der Waals surface area contributed by atoms with Crippen molar-refractivity contribution in [1.29, 1.82) is 0 Å². The molecule has 4 rings (SSSR count). The number of benzene rings is 3. The molecule has 0 atom stereocenters. The van der Waals surface area contributed by atoms with Crippen LogP contribution in [0.1, 0.15) is 18.1 Å². The number of thioether (sulfide) groups is 1. The average Bonchev–Trinajstić information content (AvgIpc) is 3.18. The maximum absolute atomic E-state index is 13.0. The zero-order valence-electron chi connectivity index (χ0n) is 21.1. The van der Waals surface area contributed by atoms with E-state index in [2.05, 4.69) is 0 Å². The molecule has 0 aliphatic carbocycles. The molecule has 0 unspecified atom stereocenters. The molecule has 0 saturated carbocycles. The molecule has 1 heterocycles. The molecule has 214 valence electrons. The fraction of sp³-hybridized carbons (Fsp3) is 0.185. The zero-order chi connectivity index (χ0) is 29.7. The van der Waals surface area contributed by atoms with Gasteiger partial charge in [0.15, 0.2) is 11.5 Å². The highest BCUT2D eigenvalue weighted by Crippen LogP contribution is 2.41. The van der Waals surface area contributed by atoms with Gasteiger partial charge in [-0.1, -0.05) is 17.7 Å². The number of alkyl halides is 3. The molecular weight excluding hydrogens is 589 g/mol. The van der Waals surface area contributed by atoms with Gasteiger partial charge in [0.25, 0.3) is 11.1 Å². The first-order chi connectivity index (χ1) is 19.5. The maximum Gasteiger partial charge on any atom is 0.416 e. The second-order valence-electron chi connectivity index (χ2n) is 8.31. The Labute approximate surface area is 240 Å². The van der Waals surface area contributed by atoms with Crippen LogP contribution >= 0.6 is 23.4 Å². The number of amides is 2. The number of nitro groups is 1. The lowest BCUT2D eigenvalue weighted by molar-refractivity contribution is -0.385. The van der Waals surface area contributed by atoms with Crippen molar-refractivity contribution in [2.75, 3.05) is 19.8 Å². The van der Waals surface area contributed by atoms with Gasteiger partial charge in [-0.3, -0.25) is 24.6 Å². The Bertz CT molecular complexity index is 1510. The van der Waals surface area contributed by atoms with Crippen LogP contribution in [0.4, 0.5) is 23.7 Å². The first kappa shape index (κ1) is 29.7. The molecule has 9 nitrogen and oxygen atoms in total. The highest BCUT2D eigenvalue weighted by Gasteiger charge is 2.35. The first-order valence-electron chi connectivity index (χ1n) is 11.9. The highest BCUT2D eigenvalue weighted by atomic mass is 35.5. The Morgan fingerprint density at radius 2 is 1.71 bits per heavy atom. The molecule has 0 N–H and O–H groups in total. The lowest BCUT2D eigenvalue weighted by atomic mass is 10.1. The van der Waals surface area contributed by atoms with Crippen molar-refractivity contribution in [3.8, 4) is 23.0 Å². The summed E-state index contributed by atoms with van der Waals surface area (Å²) in [5.41, 5.74) is -1.62. The monoisotopic (exact) mass is 608 g/mol. The van der Waals surface area contributed by atoms with Crippen LogP contribution in [0.25, 0.3) is 6.08 Å². The number of carbonyl (C=O) groups is 2. The van der Waals surface area contributed by atoms with Crippen LogP contribution in [0, 0.1) is 10.1 Å². The summed E-state index contributed by atoms with van der Waals surface area (Å²) in [7, 11) is 0. The van der Waals surface area contributed by atoms with E-state index in [0.29, 0.717) is 28.5 Å². The van der Waals surface area contributed by atoms with Crippen LogP contribution in [-0.4, -0.2) is 40.7 Å². The van der Waals surface area contributed by atoms with Gasteiger partial charge in [-0.15, -0.1) is 0 Å². The van der Waals surface area contributed by atoms with Crippen molar-refractivity contribution in [2.24, 2.45) is 0 Å². The third kappa shape index (κ3) is 7.30. The topological polar surface area (TPSA) is 108 Å². The van der Waals surface area contributed by atoms with Gasteiger partial charge in [0, 0.05) is 11.1 Å². The Hall–Kier alpha value is -4.23. The second-order valence-corrected chi connectivity index (χ2v) is 9.74. The number of nitro benzene ring substituents is 1. The number of carbonyl (C=O) groups excluding carboxylic acids is 2. The molecule has 41 heavy (non-hydrogen) atoms. The third-order valence-corrected chi connectivity index (χ3v) is 6.70. The minimum Gasteiger partial charge on any atom is -0.492 e. The van der Waals surface area contributed by atoms with Crippen LogP contribution in [0.15, 0.2) is 65.6 Å². The Balaban J connectivity index is 1.51. The largest absolute Gasteiger partial charge is 0.492 e. The van der Waals surface area contributed by atoms with E-state index in [4.69, 9.17) is 25.8 Å². The lowest BCUT2D eigenvalue weighted by Gasteiger charge is -2.14. The minimum absolute atomic E-state index is 0.000638. The summed E-state index contributed by atoms with van der Waals surface area (Å²) in [5, 5.41) is 11.5. The van der Waals surface area contributed by atoms with E-state index in [1.165, 1.54) is 24.3 Å². The van der Waals surface area contributed by atoms with Crippen LogP contribution < -0.4 is 14.2 Å². The third-order valence-electron chi connectivity index (χ3n) is 5.54. The summed E-state index contributed by atoms with van der Waals surface area (Å²) in [6, 6.07) is 12.9. The van der Waals surface area contributed by atoms with Gasteiger partial charge in [-0.2, -0.15) is 13.2 Å². The molecule has 0 aromatic heterocycles. The van der Waals surface area contributed by atoms with Crippen molar-refractivity contribution < 1.29 is 41.9 Å². The molecule has 0 spiro atoms. The summed E-state index contributed by atoms with van der Waals surface area (Å²) in [4.78, 5) is 37.0. The fourth-order valence-corrected chi connectivity index (χ4v) is 4.63. The quantitative estimate of drug-likeness (QED) is 0.132. The van der Waals surface area contributed by atoms with E-state index in [1.807, 2.05) is 0 Å². The number of rotatable bonds is 10. The van der Waals surface area contributed by atoms with Crippen LogP contribution in [-0.2, 0) is 11.0 Å². The van der Waals surface area contributed by atoms with Gasteiger partial charge < -0.3 is 14.2 Å². The minimum atomic E-state index is -4.77. The van der Waals surface area contributed by atoms with Crippen molar-refractivity contribution in [1.82, 2.24) is 4.90 Å². The number of imide groups is 1. The predicted molar refractivity (Wildman–Crippen MR) is 145 cm³/mol. The molecular formula is C27H20ClF3N2O7S. The standard InChI is InChI=1S/C27H20ClF3N2O7S/c1-2-38-23-13-16(3-9-22(23)40-21-10-4-17(27(29,30)31)15-20(21)33(36)37)14-24-25(34)32(26(35)41-24)11-12-39-19-7-5-18(28)6-8-19/h3-10,13-15H,2,11-12H2,1H3/b24-14-. The van der Waals surface area contributed by atoms with Gasteiger partial charge in [0.2, 0.25) is 5.75 Å². The van der Waals surface area contributed by atoms with E-state index >= 15 is 0 Å². The predicted octanol–water partition coefficient (Wildman–Crippen LogP) is 7.57. The number of ether oxygens (including phenoxy) is 3. The Morgan fingerprint density at radius 1 is 1.00 bits per heavy atom. The van der Waals surface area contributed by atoms with Gasteiger partial charge in [-0.05, 0) is 78.9 Å². The summed E-state index contributed by atoms with van der Waals surface area (Å²) in [6.07, 6.45) is -3.30. The molecule has 14 heteroatoms. The lowest BCUT2D eigenvalue weighted by Crippen LogP contribution is -2.32. The molecule has 1 aliphatic heterocycles. The van der Waals surface area contributed by atoms with Crippen molar-refractivity contribution in [2.45, 2.75) is 13.1 Å². The number of hydrogen-bond acceptors (Lipinski definition) is 8. The molecule has 3 aromatic carbocycles. The number of nitrogens with zero attached hydrogens (tertiary/aromatic N) is 2. The van der Waals surface area contributed by atoms with Crippen molar-refractivity contribution in [3.63, 3.8) is 0 Å². The van der Waals surface area contributed by atoms with Crippen LogP contribution in [0.3, 0.4) is 0 Å². The summed E-state index contributed by atoms with van der Waals surface area (Å²) in [6.45, 7) is 1.94. The Morgan fingerprint density at radius 3 is 2.37 bits per heavy atom. The summed E-state index contributed by atoms with van der Waals surface area (Å²) >= 11 is 6.59. The average molecular weight is 609 g/mol. The van der Waals surface area contributed by atoms with Gasteiger partial charge in [0.1, 0.15) is 12.4 Å². The molecule has 3 aromatic rings. The molecule has 1 fully saturated rings. The SMILES string of the molecule is CCOc1cc(/C=C2\SC(=O)N(CCOc3ccc(Cl)cc3)C2=O)ccc1Oc1ccc(C(F)(F)F)cc1[N+](=O)[O-]. The zero-order valence-corrected chi connectivity index (χ0v) is 22.7. The van der Waals surface area contributed by atoms with Gasteiger partial charge in [0.05, 0.1) is 28.5 Å². The summed E-state index contributed by atoms with van der Waals surface area (Å²) in [5.74, 6) is -0.285. The van der Waals surface area contributed by atoms with Gasteiger partial charge in [-0.25, -0.2) is 0 Å². The fourth-order valence-electron chi connectivity index (χ4n) is 3.64.